The van der Waals surface area contributed by atoms with E-state index in [4.69, 9.17) is 9.15 Å². The Morgan fingerprint density at radius 3 is 2.35 bits per heavy atom. The molecule has 3 aromatic carbocycles. The number of ketones is 1. The maximum Gasteiger partial charge on any atom is 0.343 e. The molecular weight excluding hydrogens is 392 g/mol. The highest BCUT2D eigenvalue weighted by molar-refractivity contribution is 5.86. The summed E-state index contributed by atoms with van der Waals surface area (Å²) in [7, 11) is 0. The van der Waals surface area contributed by atoms with Gasteiger partial charge in [0, 0.05) is 18.4 Å². The molecule has 0 unspecified atom stereocenters. The lowest BCUT2D eigenvalue weighted by Gasteiger charge is -2.17. The Labute approximate surface area is 179 Å². The van der Waals surface area contributed by atoms with Crippen molar-refractivity contribution < 1.29 is 19.1 Å². The van der Waals surface area contributed by atoms with Gasteiger partial charge in [-0.25, -0.2) is 4.79 Å². The van der Waals surface area contributed by atoms with E-state index >= 15 is 0 Å². The van der Waals surface area contributed by atoms with Gasteiger partial charge in [0.1, 0.15) is 29.5 Å². The average Bonchev–Trinajstić information content (AvgIpc) is 2.78. The first-order chi connectivity index (χ1) is 15.0. The number of fused-ring (bicyclic) bond motifs is 1. The molecule has 1 atom stereocenters. The molecule has 0 aliphatic carbocycles. The SMILES string of the molecule is CC(=O)C[C@H](c1ccccc1)c1c(O)c2ccc(OCc3ccccc3)cc2oc1=O. The van der Waals surface area contributed by atoms with Crippen LogP contribution in [-0.4, -0.2) is 10.9 Å². The molecule has 31 heavy (non-hydrogen) atoms. The first-order valence-electron chi connectivity index (χ1n) is 10.0. The van der Waals surface area contributed by atoms with Gasteiger partial charge in [0.2, 0.25) is 0 Å². The van der Waals surface area contributed by atoms with Gasteiger partial charge in [0.05, 0.1) is 10.9 Å². The summed E-state index contributed by atoms with van der Waals surface area (Å²) < 4.78 is 11.3. The first-order valence-corrected chi connectivity index (χ1v) is 10.0. The van der Waals surface area contributed by atoms with E-state index < -0.39 is 11.5 Å². The number of aromatic hydroxyl groups is 1. The van der Waals surface area contributed by atoms with Gasteiger partial charge in [-0.05, 0) is 30.2 Å². The molecule has 1 heterocycles. The molecule has 1 aromatic heterocycles. The third-order valence-electron chi connectivity index (χ3n) is 5.18. The molecule has 0 spiro atoms. The van der Waals surface area contributed by atoms with Crippen molar-refractivity contribution in [2.45, 2.75) is 25.9 Å². The molecule has 0 saturated heterocycles. The summed E-state index contributed by atoms with van der Waals surface area (Å²) in [6.45, 7) is 1.83. The van der Waals surface area contributed by atoms with E-state index in [1.54, 1.807) is 18.2 Å². The van der Waals surface area contributed by atoms with Gasteiger partial charge >= 0.3 is 5.63 Å². The maximum atomic E-state index is 12.9. The summed E-state index contributed by atoms with van der Waals surface area (Å²) >= 11 is 0. The zero-order chi connectivity index (χ0) is 21.8. The normalized spacial score (nSPS) is 11.9. The van der Waals surface area contributed by atoms with Gasteiger partial charge in [0.25, 0.3) is 0 Å². The fourth-order valence-corrected chi connectivity index (χ4v) is 3.68. The number of carbonyl (C=O) groups is 1. The van der Waals surface area contributed by atoms with Crippen molar-refractivity contribution in [1.29, 1.82) is 0 Å². The molecule has 5 heteroatoms. The van der Waals surface area contributed by atoms with Gasteiger partial charge in [-0.1, -0.05) is 60.7 Å². The van der Waals surface area contributed by atoms with Crippen LogP contribution in [-0.2, 0) is 11.4 Å². The quantitative estimate of drug-likeness (QED) is 0.421. The lowest BCUT2D eigenvalue weighted by molar-refractivity contribution is -0.117. The van der Waals surface area contributed by atoms with E-state index in [0.717, 1.165) is 11.1 Å². The second-order valence-corrected chi connectivity index (χ2v) is 7.45. The van der Waals surface area contributed by atoms with Gasteiger partial charge in [-0.3, -0.25) is 4.79 Å². The number of benzene rings is 3. The minimum Gasteiger partial charge on any atom is -0.507 e. The van der Waals surface area contributed by atoms with Crippen LogP contribution in [0, 0.1) is 0 Å². The van der Waals surface area contributed by atoms with Gasteiger partial charge in [-0.15, -0.1) is 0 Å². The van der Waals surface area contributed by atoms with E-state index in [9.17, 15) is 14.7 Å². The Morgan fingerprint density at radius 2 is 1.68 bits per heavy atom. The van der Waals surface area contributed by atoms with Crippen LogP contribution in [0.25, 0.3) is 11.0 Å². The lowest BCUT2D eigenvalue weighted by Crippen LogP contribution is -2.16. The number of Topliss-reactive ketones (excluding diaryl/α,β-unsaturated/α-hetero) is 1. The van der Waals surface area contributed by atoms with Crippen LogP contribution in [0.1, 0.15) is 36.0 Å². The summed E-state index contributed by atoms with van der Waals surface area (Å²) in [6.07, 6.45) is 0.0894. The predicted molar refractivity (Wildman–Crippen MR) is 119 cm³/mol. The average molecular weight is 414 g/mol. The highest BCUT2D eigenvalue weighted by atomic mass is 16.5. The number of hydrogen-bond donors (Lipinski definition) is 1. The Balaban J connectivity index is 1.72. The fraction of sp³-hybridized carbons (Fsp3) is 0.154. The number of rotatable bonds is 7. The van der Waals surface area contributed by atoms with Crippen LogP contribution in [0.5, 0.6) is 11.5 Å². The minimum atomic E-state index is -0.666. The second-order valence-electron chi connectivity index (χ2n) is 7.45. The Hall–Kier alpha value is -3.86. The predicted octanol–water partition coefficient (Wildman–Crippen LogP) is 5.19. The third kappa shape index (κ3) is 4.51. The molecule has 0 aliphatic heterocycles. The highest BCUT2D eigenvalue weighted by Gasteiger charge is 2.26. The third-order valence-corrected chi connectivity index (χ3v) is 5.18. The molecule has 4 rings (SSSR count). The van der Waals surface area contributed by atoms with Crippen LogP contribution >= 0.6 is 0 Å². The molecule has 0 amide bonds. The highest BCUT2D eigenvalue weighted by Crippen LogP contribution is 2.37. The second kappa shape index (κ2) is 8.88. The maximum absolute atomic E-state index is 12.9. The zero-order valence-electron chi connectivity index (χ0n) is 17.1. The largest absolute Gasteiger partial charge is 0.507 e. The molecule has 1 N–H and O–H groups in total. The molecule has 5 nitrogen and oxygen atoms in total. The summed E-state index contributed by atoms with van der Waals surface area (Å²) in [5.74, 6) is -0.322. The van der Waals surface area contributed by atoms with E-state index in [0.29, 0.717) is 17.7 Å². The van der Waals surface area contributed by atoms with Crippen molar-refractivity contribution in [2.75, 3.05) is 0 Å². The van der Waals surface area contributed by atoms with Crippen molar-refractivity contribution in [3.05, 3.63) is 106 Å². The Bertz CT molecular complexity index is 1260. The van der Waals surface area contributed by atoms with E-state index in [2.05, 4.69) is 0 Å². The van der Waals surface area contributed by atoms with E-state index in [1.165, 1.54) is 6.92 Å². The van der Waals surface area contributed by atoms with Gasteiger partial charge < -0.3 is 14.3 Å². The minimum absolute atomic E-state index is 0.0857. The Kier molecular flexibility index (Phi) is 5.85. The van der Waals surface area contributed by atoms with Crippen LogP contribution in [0.2, 0.25) is 0 Å². The molecule has 0 bridgehead atoms. The summed E-state index contributed by atoms with van der Waals surface area (Å²) in [5, 5.41) is 11.4. The van der Waals surface area contributed by atoms with Gasteiger partial charge in [-0.2, -0.15) is 0 Å². The smallest absolute Gasteiger partial charge is 0.343 e. The number of carbonyl (C=O) groups excluding carboxylic acids is 1. The van der Waals surface area contributed by atoms with Crippen molar-refractivity contribution in [3.63, 3.8) is 0 Å². The van der Waals surface area contributed by atoms with Crippen molar-refractivity contribution in [3.8, 4) is 11.5 Å². The molecule has 0 saturated carbocycles. The zero-order valence-corrected chi connectivity index (χ0v) is 17.1. The van der Waals surface area contributed by atoms with E-state index in [-0.39, 0.29) is 29.1 Å². The Morgan fingerprint density at radius 1 is 1.00 bits per heavy atom. The van der Waals surface area contributed by atoms with Crippen LogP contribution in [0.15, 0.2) is 88.1 Å². The van der Waals surface area contributed by atoms with Crippen LogP contribution in [0.3, 0.4) is 0 Å². The molecule has 0 aliphatic rings. The number of ether oxygens (including phenoxy) is 1. The summed E-state index contributed by atoms with van der Waals surface area (Å²) in [6, 6.07) is 23.9. The standard InChI is InChI=1S/C26H22O5/c1-17(27)14-22(19-10-6-3-7-11-19)24-25(28)21-13-12-20(15-23(21)31-26(24)29)30-16-18-8-4-2-5-9-18/h2-13,15,22,28H,14,16H2,1H3/t22-/m1/s1. The van der Waals surface area contributed by atoms with Crippen molar-refractivity contribution in [2.24, 2.45) is 0 Å². The van der Waals surface area contributed by atoms with Crippen molar-refractivity contribution >= 4 is 16.8 Å². The summed E-state index contributed by atoms with van der Waals surface area (Å²) in [4.78, 5) is 24.8. The van der Waals surface area contributed by atoms with Gasteiger partial charge in [0.15, 0.2) is 0 Å². The monoisotopic (exact) mass is 414 g/mol. The molecule has 4 aromatic rings. The molecule has 0 fully saturated rings. The van der Waals surface area contributed by atoms with Crippen molar-refractivity contribution in [1.82, 2.24) is 0 Å². The topological polar surface area (TPSA) is 76.7 Å². The molecule has 0 radical (unpaired) electrons. The molecule has 156 valence electrons. The first kappa shape index (κ1) is 20.4. The molecular formula is C26H22O5. The van der Waals surface area contributed by atoms with E-state index in [1.807, 2.05) is 60.7 Å². The summed E-state index contributed by atoms with van der Waals surface area (Å²) in [5.41, 5.74) is 1.43. The fourth-order valence-electron chi connectivity index (χ4n) is 3.68. The van der Waals surface area contributed by atoms with Crippen LogP contribution < -0.4 is 10.4 Å². The van der Waals surface area contributed by atoms with Crippen LogP contribution in [0.4, 0.5) is 0 Å². The number of hydrogen-bond acceptors (Lipinski definition) is 5. The lowest BCUT2D eigenvalue weighted by atomic mass is 9.87.